The first kappa shape index (κ1) is 13.6. The molecule has 0 fully saturated rings. The van der Waals surface area contributed by atoms with E-state index >= 15 is 0 Å². The maximum atomic E-state index is 12.2. The molecule has 1 amide bonds. The zero-order valence-electron chi connectivity index (χ0n) is 11.2. The quantitative estimate of drug-likeness (QED) is 0.817. The van der Waals surface area contributed by atoms with Crippen LogP contribution in [0, 0.1) is 5.41 Å². The van der Waals surface area contributed by atoms with Gasteiger partial charge < -0.3 is 10.6 Å². The molecule has 3 nitrogen and oxygen atoms in total. The molecule has 2 N–H and O–H groups in total. The Morgan fingerprint density at radius 3 is 2.47 bits per heavy atom. The number of nitrogens with zero attached hydrogens (tertiary/aromatic N) is 1. The van der Waals surface area contributed by atoms with Gasteiger partial charge in [-0.05, 0) is 24.6 Å². The van der Waals surface area contributed by atoms with E-state index in [0.717, 1.165) is 11.3 Å². The highest BCUT2D eigenvalue weighted by atomic mass is 16.2. The number of hydrogen-bond donors (Lipinski definition) is 1. The van der Waals surface area contributed by atoms with Crippen molar-refractivity contribution in [2.75, 3.05) is 12.3 Å². The molecule has 94 valence electrons. The van der Waals surface area contributed by atoms with E-state index in [9.17, 15) is 4.79 Å². The monoisotopic (exact) mass is 234 g/mol. The van der Waals surface area contributed by atoms with Gasteiger partial charge in [-0.3, -0.25) is 4.79 Å². The molecule has 0 unspecified atom stereocenters. The Kier molecular flexibility index (Phi) is 4.16. The minimum Gasteiger partial charge on any atom is -0.399 e. The fourth-order valence-corrected chi connectivity index (χ4v) is 1.71. The molecule has 0 saturated heterocycles. The van der Waals surface area contributed by atoms with Gasteiger partial charge in [-0.1, -0.05) is 32.9 Å². The molecule has 0 radical (unpaired) electrons. The summed E-state index contributed by atoms with van der Waals surface area (Å²) < 4.78 is 0. The third kappa shape index (κ3) is 3.77. The van der Waals surface area contributed by atoms with Crippen molar-refractivity contribution in [3.05, 3.63) is 29.8 Å². The lowest BCUT2D eigenvalue weighted by molar-refractivity contribution is -0.139. The molecule has 0 bridgehead atoms. The number of benzene rings is 1. The van der Waals surface area contributed by atoms with Crippen LogP contribution >= 0.6 is 0 Å². The SMILES string of the molecule is CCN(Cc1cccc(N)c1)C(=O)C(C)(C)C. The summed E-state index contributed by atoms with van der Waals surface area (Å²) >= 11 is 0. The predicted molar refractivity (Wildman–Crippen MR) is 71.4 cm³/mol. The molecule has 0 atom stereocenters. The summed E-state index contributed by atoms with van der Waals surface area (Å²) in [5.74, 6) is 0.169. The van der Waals surface area contributed by atoms with Crippen LogP contribution < -0.4 is 5.73 Å². The maximum absolute atomic E-state index is 12.2. The molecule has 0 spiro atoms. The van der Waals surface area contributed by atoms with Crippen molar-refractivity contribution in [2.24, 2.45) is 5.41 Å². The van der Waals surface area contributed by atoms with Crippen molar-refractivity contribution in [1.29, 1.82) is 0 Å². The van der Waals surface area contributed by atoms with Gasteiger partial charge in [-0.15, -0.1) is 0 Å². The van der Waals surface area contributed by atoms with Gasteiger partial charge >= 0.3 is 0 Å². The summed E-state index contributed by atoms with van der Waals surface area (Å²) in [6, 6.07) is 7.68. The normalized spacial score (nSPS) is 11.3. The molecule has 3 heteroatoms. The Balaban J connectivity index is 2.81. The predicted octanol–water partition coefficient (Wildman–Crippen LogP) is 2.66. The number of carbonyl (C=O) groups is 1. The Labute approximate surface area is 104 Å². The number of carbonyl (C=O) groups excluding carboxylic acids is 1. The summed E-state index contributed by atoms with van der Waals surface area (Å²) in [5, 5.41) is 0. The molecule has 1 aromatic rings. The van der Waals surface area contributed by atoms with Crippen LogP contribution in [0.25, 0.3) is 0 Å². The lowest BCUT2D eigenvalue weighted by Gasteiger charge is -2.28. The van der Waals surface area contributed by atoms with E-state index in [-0.39, 0.29) is 11.3 Å². The molecule has 0 aliphatic carbocycles. The Morgan fingerprint density at radius 1 is 1.35 bits per heavy atom. The first-order valence-electron chi connectivity index (χ1n) is 5.98. The van der Waals surface area contributed by atoms with Crippen LogP contribution in [0.1, 0.15) is 33.3 Å². The highest BCUT2D eigenvalue weighted by Crippen LogP contribution is 2.19. The molecule has 1 aromatic carbocycles. The van der Waals surface area contributed by atoms with Crippen molar-refractivity contribution in [1.82, 2.24) is 4.90 Å². The minimum atomic E-state index is -0.337. The number of nitrogens with two attached hydrogens (primary N) is 1. The summed E-state index contributed by atoms with van der Waals surface area (Å²) in [4.78, 5) is 14.0. The Hall–Kier alpha value is -1.51. The second kappa shape index (κ2) is 5.21. The molecule has 1 rings (SSSR count). The van der Waals surface area contributed by atoms with Gasteiger partial charge in [0.2, 0.25) is 5.91 Å². The first-order valence-corrected chi connectivity index (χ1v) is 5.98. The lowest BCUT2D eigenvalue weighted by atomic mass is 9.94. The highest BCUT2D eigenvalue weighted by Gasteiger charge is 2.26. The second-order valence-corrected chi connectivity index (χ2v) is 5.31. The molecule has 0 aliphatic rings. The average molecular weight is 234 g/mol. The smallest absolute Gasteiger partial charge is 0.228 e. The molecular formula is C14H22N2O. The van der Waals surface area contributed by atoms with Gasteiger partial charge in [0.25, 0.3) is 0 Å². The van der Waals surface area contributed by atoms with Crippen LogP contribution in [0.5, 0.6) is 0 Å². The highest BCUT2D eigenvalue weighted by molar-refractivity contribution is 5.81. The van der Waals surface area contributed by atoms with Gasteiger partial charge in [0.15, 0.2) is 0 Å². The van der Waals surface area contributed by atoms with Crippen molar-refractivity contribution < 1.29 is 4.79 Å². The van der Waals surface area contributed by atoms with Crippen molar-refractivity contribution in [2.45, 2.75) is 34.2 Å². The topological polar surface area (TPSA) is 46.3 Å². The number of nitrogen functional groups attached to an aromatic ring is 1. The fourth-order valence-electron chi connectivity index (χ4n) is 1.71. The molecule has 0 aliphatic heterocycles. The summed E-state index contributed by atoms with van der Waals surface area (Å²) in [5.41, 5.74) is 7.21. The van der Waals surface area contributed by atoms with Gasteiger partial charge in [0.05, 0.1) is 0 Å². The van der Waals surface area contributed by atoms with E-state index in [1.807, 2.05) is 56.9 Å². The van der Waals surface area contributed by atoms with Crippen LogP contribution in [-0.4, -0.2) is 17.4 Å². The van der Waals surface area contributed by atoms with Gasteiger partial charge in [0.1, 0.15) is 0 Å². The van der Waals surface area contributed by atoms with Crippen LogP contribution in [0.3, 0.4) is 0 Å². The van der Waals surface area contributed by atoms with Crippen molar-refractivity contribution in [3.63, 3.8) is 0 Å². The second-order valence-electron chi connectivity index (χ2n) is 5.31. The van der Waals surface area contributed by atoms with E-state index in [0.29, 0.717) is 13.1 Å². The van der Waals surface area contributed by atoms with E-state index in [1.54, 1.807) is 0 Å². The summed E-state index contributed by atoms with van der Waals surface area (Å²) in [6.07, 6.45) is 0. The minimum absolute atomic E-state index is 0.169. The van der Waals surface area contributed by atoms with E-state index in [2.05, 4.69) is 0 Å². The standard InChI is InChI=1S/C14H22N2O/c1-5-16(13(17)14(2,3)4)10-11-7-6-8-12(15)9-11/h6-9H,5,10,15H2,1-4H3. The van der Waals surface area contributed by atoms with Crippen molar-refractivity contribution >= 4 is 11.6 Å². The first-order chi connectivity index (χ1) is 7.84. The molecule has 0 heterocycles. The average Bonchev–Trinajstić information content (AvgIpc) is 2.24. The number of amides is 1. The maximum Gasteiger partial charge on any atom is 0.228 e. The zero-order valence-corrected chi connectivity index (χ0v) is 11.2. The van der Waals surface area contributed by atoms with E-state index in [1.165, 1.54) is 0 Å². The molecular weight excluding hydrogens is 212 g/mol. The van der Waals surface area contributed by atoms with Gasteiger partial charge in [0, 0.05) is 24.2 Å². The summed E-state index contributed by atoms with van der Waals surface area (Å²) in [6.45, 7) is 9.16. The van der Waals surface area contributed by atoms with Gasteiger partial charge in [-0.25, -0.2) is 0 Å². The van der Waals surface area contributed by atoms with E-state index < -0.39 is 0 Å². The lowest BCUT2D eigenvalue weighted by Crippen LogP contribution is -2.38. The Morgan fingerprint density at radius 2 is 2.00 bits per heavy atom. The zero-order chi connectivity index (χ0) is 13.1. The third-order valence-corrected chi connectivity index (χ3v) is 2.64. The van der Waals surface area contributed by atoms with Crippen LogP contribution in [-0.2, 0) is 11.3 Å². The number of anilines is 1. The van der Waals surface area contributed by atoms with Crippen LogP contribution in [0.2, 0.25) is 0 Å². The van der Waals surface area contributed by atoms with Gasteiger partial charge in [-0.2, -0.15) is 0 Å². The van der Waals surface area contributed by atoms with Crippen LogP contribution in [0.15, 0.2) is 24.3 Å². The molecule has 0 aromatic heterocycles. The van der Waals surface area contributed by atoms with Crippen LogP contribution in [0.4, 0.5) is 5.69 Å². The largest absolute Gasteiger partial charge is 0.399 e. The summed E-state index contributed by atoms with van der Waals surface area (Å²) in [7, 11) is 0. The molecule has 0 saturated carbocycles. The van der Waals surface area contributed by atoms with E-state index in [4.69, 9.17) is 5.73 Å². The third-order valence-electron chi connectivity index (χ3n) is 2.64. The Bertz CT molecular complexity index is 393. The fraction of sp³-hybridized carbons (Fsp3) is 0.500. The van der Waals surface area contributed by atoms with Crippen molar-refractivity contribution in [3.8, 4) is 0 Å². The number of hydrogen-bond acceptors (Lipinski definition) is 2. The number of rotatable bonds is 3. The molecule has 17 heavy (non-hydrogen) atoms.